The quantitative estimate of drug-likeness (QED) is 0.194. The van der Waals surface area contributed by atoms with E-state index in [-0.39, 0.29) is 11.6 Å². The summed E-state index contributed by atoms with van der Waals surface area (Å²) < 4.78 is 6.34. The normalized spacial score (nSPS) is 14.9. The second-order valence-electron chi connectivity index (χ2n) is 7.82. The lowest BCUT2D eigenvalue weighted by molar-refractivity contribution is -0.385. The van der Waals surface area contributed by atoms with Crippen molar-refractivity contribution in [1.29, 1.82) is 0 Å². The highest BCUT2D eigenvalue weighted by molar-refractivity contribution is 8.27. The molecule has 1 aromatic heterocycles. The van der Waals surface area contributed by atoms with E-state index in [4.69, 9.17) is 16.6 Å². The van der Waals surface area contributed by atoms with Gasteiger partial charge >= 0.3 is 0 Å². The zero-order chi connectivity index (χ0) is 23.9. The van der Waals surface area contributed by atoms with Gasteiger partial charge in [-0.05, 0) is 61.9 Å². The van der Waals surface area contributed by atoms with Crippen LogP contribution in [0.3, 0.4) is 0 Å². The summed E-state index contributed by atoms with van der Waals surface area (Å²) >= 11 is 6.65. The summed E-state index contributed by atoms with van der Waals surface area (Å²) in [5, 5.41) is 11.4. The molecule has 0 saturated carbocycles. The predicted octanol–water partition coefficient (Wildman–Crippen LogP) is 5.94. The van der Waals surface area contributed by atoms with Gasteiger partial charge in [0, 0.05) is 43.1 Å². The second kappa shape index (κ2) is 8.84. The first kappa shape index (κ1) is 22.8. The molecule has 0 atom stereocenters. The van der Waals surface area contributed by atoms with Crippen LogP contribution in [0.1, 0.15) is 16.9 Å². The molecule has 0 spiro atoms. The molecule has 0 N–H and O–H groups in total. The number of benzene rings is 2. The van der Waals surface area contributed by atoms with Gasteiger partial charge in [-0.3, -0.25) is 19.8 Å². The van der Waals surface area contributed by atoms with E-state index < -0.39 is 4.92 Å². The van der Waals surface area contributed by atoms with Gasteiger partial charge in [-0.2, -0.15) is 0 Å². The number of nitrogens with zero attached hydrogens (tertiary/aromatic N) is 3. The van der Waals surface area contributed by atoms with Crippen LogP contribution in [0.15, 0.2) is 57.9 Å². The minimum absolute atomic E-state index is 0.0455. The lowest BCUT2D eigenvalue weighted by Crippen LogP contribution is -2.27. The Labute approximate surface area is 200 Å². The van der Waals surface area contributed by atoms with Crippen molar-refractivity contribution < 1.29 is 14.1 Å². The average molecular weight is 480 g/mol. The van der Waals surface area contributed by atoms with Gasteiger partial charge in [0.25, 0.3) is 11.6 Å². The van der Waals surface area contributed by atoms with Crippen molar-refractivity contribution >= 4 is 57.3 Å². The van der Waals surface area contributed by atoms with Crippen LogP contribution in [0.4, 0.5) is 17.1 Å². The van der Waals surface area contributed by atoms with Crippen molar-refractivity contribution in [3.8, 4) is 11.3 Å². The number of rotatable bonds is 5. The molecule has 3 aromatic rings. The third kappa shape index (κ3) is 4.42. The van der Waals surface area contributed by atoms with E-state index in [1.807, 2.05) is 56.3 Å². The molecule has 1 aliphatic heterocycles. The summed E-state index contributed by atoms with van der Waals surface area (Å²) in [7, 11) is 3.90. The summed E-state index contributed by atoms with van der Waals surface area (Å²) in [5.41, 5.74) is 3.81. The Morgan fingerprint density at radius 2 is 1.82 bits per heavy atom. The van der Waals surface area contributed by atoms with E-state index in [9.17, 15) is 14.9 Å². The van der Waals surface area contributed by atoms with Crippen molar-refractivity contribution in [3.63, 3.8) is 0 Å². The van der Waals surface area contributed by atoms with Gasteiger partial charge < -0.3 is 9.32 Å². The summed E-state index contributed by atoms with van der Waals surface area (Å²) in [6.45, 7) is 3.55. The van der Waals surface area contributed by atoms with Crippen LogP contribution in [0.5, 0.6) is 0 Å². The molecule has 1 amide bonds. The molecule has 33 heavy (non-hydrogen) atoms. The van der Waals surface area contributed by atoms with Crippen LogP contribution in [-0.4, -0.2) is 29.2 Å². The zero-order valence-corrected chi connectivity index (χ0v) is 20.1. The number of carbonyl (C=O) groups is 1. The van der Waals surface area contributed by atoms with E-state index in [1.54, 1.807) is 25.1 Å². The Hall–Kier alpha value is -3.43. The van der Waals surface area contributed by atoms with Crippen LogP contribution in [-0.2, 0) is 4.79 Å². The molecule has 0 radical (unpaired) electrons. The molecular formula is C24H21N3O4S2. The van der Waals surface area contributed by atoms with Gasteiger partial charge in [-0.1, -0.05) is 24.0 Å². The molecule has 9 heteroatoms. The van der Waals surface area contributed by atoms with Crippen molar-refractivity contribution in [1.82, 2.24) is 0 Å². The van der Waals surface area contributed by atoms with Crippen molar-refractivity contribution in [3.05, 3.63) is 80.4 Å². The molecule has 1 fully saturated rings. The summed E-state index contributed by atoms with van der Waals surface area (Å²) in [6, 6.07) is 14.4. The number of thiocarbonyl (C=S) groups is 1. The first-order valence-electron chi connectivity index (χ1n) is 10.1. The molecular weight excluding hydrogens is 458 g/mol. The van der Waals surface area contributed by atoms with Crippen molar-refractivity contribution in [2.24, 2.45) is 0 Å². The third-order valence-corrected chi connectivity index (χ3v) is 6.74. The number of anilines is 2. The van der Waals surface area contributed by atoms with Gasteiger partial charge in [0.05, 0.1) is 15.5 Å². The number of aryl methyl sites for hydroxylation is 1. The van der Waals surface area contributed by atoms with E-state index >= 15 is 0 Å². The fourth-order valence-corrected chi connectivity index (χ4v) is 4.76. The van der Waals surface area contributed by atoms with E-state index in [1.165, 1.54) is 22.7 Å². The second-order valence-corrected chi connectivity index (χ2v) is 9.50. The summed E-state index contributed by atoms with van der Waals surface area (Å²) in [5.74, 6) is 0.735. The molecule has 0 aliphatic carbocycles. The van der Waals surface area contributed by atoms with Gasteiger partial charge in [-0.25, -0.2) is 0 Å². The molecule has 2 heterocycles. The lowest BCUT2D eigenvalue weighted by atomic mass is 10.0. The molecule has 1 aliphatic rings. The Kier molecular flexibility index (Phi) is 6.09. The lowest BCUT2D eigenvalue weighted by Gasteiger charge is -2.17. The van der Waals surface area contributed by atoms with Gasteiger partial charge in [0.2, 0.25) is 0 Å². The number of hydrogen-bond acceptors (Lipinski definition) is 7. The number of hydrogen-bond donors (Lipinski definition) is 0. The minimum Gasteiger partial charge on any atom is -0.457 e. The number of carbonyl (C=O) groups excluding carboxylic acids is 1. The highest BCUT2D eigenvalue weighted by Gasteiger charge is 2.33. The largest absolute Gasteiger partial charge is 0.457 e. The molecule has 4 rings (SSSR count). The summed E-state index contributed by atoms with van der Waals surface area (Å²) in [6.07, 6.45) is 1.65. The van der Waals surface area contributed by atoms with E-state index in [0.717, 1.165) is 11.3 Å². The maximum atomic E-state index is 13.0. The molecule has 7 nitrogen and oxygen atoms in total. The van der Waals surface area contributed by atoms with Crippen molar-refractivity contribution in [2.75, 3.05) is 23.9 Å². The maximum Gasteiger partial charge on any atom is 0.273 e. The van der Waals surface area contributed by atoms with Crippen LogP contribution >= 0.6 is 24.0 Å². The molecule has 168 valence electrons. The molecule has 0 bridgehead atoms. The smallest absolute Gasteiger partial charge is 0.273 e. The Morgan fingerprint density at radius 1 is 1.12 bits per heavy atom. The molecule has 1 saturated heterocycles. The monoisotopic (exact) mass is 479 g/mol. The summed E-state index contributed by atoms with van der Waals surface area (Å²) in [4.78, 5) is 27.9. The van der Waals surface area contributed by atoms with Crippen LogP contribution in [0.25, 0.3) is 17.4 Å². The third-order valence-electron chi connectivity index (χ3n) is 5.44. The van der Waals surface area contributed by atoms with E-state index in [0.29, 0.717) is 37.6 Å². The fourth-order valence-electron chi connectivity index (χ4n) is 3.48. The predicted molar refractivity (Wildman–Crippen MR) is 137 cm³/mol. The first-order chi connectivity index (χ1) is 15.7. The number of thioether (sulfide) groups is 1. The average Bonchev–Trinajstić information content (AvgIpc) is 3.34. The van der Waals surface area contributed by atoms with Crippen LogP contribution in [0.2, 0.25) is 0 Å². The highest BCUT2D eigenvalue weighted by atomic mass is 32.2. The van der Waals surface area contributed by atoms with Gasteiger partial charge in [0.1, 0.15) is 11.5 Å². The van der Waals surface area contributed by atoms with Crippen molar-refractivity contribution in [2.45, 2.75) is 13.8 Å². The van der Waals surface area contributed by atoms with Crippen LogP contribution in [0, 0.1) is 24.0 Å². The number of amides is 1. The Bertz CT molecular complexity index is 1310. The number of nitro groups is 1. The highest BCUT2D eigenvalue weighted by Crippen LogP contribution is 2.37. The first-order valence-corrected chi connectivity index (χ1v) is 11.3. The maximum absolute atomic E-state index is 13.0. The number of furan rings is 1. The fraction of sp³-hybridized carbons (Fsp3) is 0.167. The molecule has 0 unspecified atom stereocenters. The van der Waals surface area contributed by atoms with Crippen LogP contribution < -0.4 is 9.80 Å². The topological polar surface area (TPSA) is 79.8 Å². The zero-order valence-electron chi connectivity index (χ0n) is 18.5. The van der Waals surface area contributed by atoms with E-state index in [2.05, 4.69) is 0 Å². The SMILES string of the molecule is Cc1cc(-c2ccc(/C=C3/SC(=S)N(c4ccc(N(C)C)cc4)C3=O)o2)cc([N+](=O)[O-])c1C. The number of nitro benzene ring substituents is 1. The minimum atomic E-state index is -0.397. The Balaban J connectivity index is 1.61. The van der Waals surface area contributed by atoms with Gasteiger partial charge in [0.15, 0.2) is 4.32 Å². The standard InChI is InChI=1S/C24H21N3O4S2/c1-14-11-16(12-20(15(14)2)27(29)30)21-10-9-19(31-21)13-22-23(28)26(24(32)33-22)18-7-5-17(6-8-18)25(3)4/h5-13H,1-4H3/b22-13+. The molecule has 2 aromatic carbocycles. The Morgan fingerprint density at radius 3 is 2.45 bits per heavy atom. The van der Waals surface area contributed by atoms with Gasteiger partial charge in [-0.15, -0.1) is 0 Å².